The number of fused-ring (bicyclic) bond motifs is 3. The largest absolute Gasteiger partial charge is 0.362 e. The lowest BCUT2D eigenvalue weighted by atomic mass is 9.64. The molecule has 6 rings (SSSR count). The first-order chi connectivity index (χ1) is 14.4. The topological polar surface area (TPSA) is 27.3 Å². The van der Waals surface area contributed by atoms with E-state index in [0.29, 0.717) is 5.54 Å². The van der Waals surface area contributed by atoms with Crippen LogP contribution in [0, 0.1) is 29.6 Å². The van der Waals surface area contributed by atoms with Crippen molar-refractivity contribution < 1.29 is 0 Å². The highest BCUT2D eigenvalue weighted by atomic mass is 15.3. The third kappa shape index (κ3) is 2.98. The minimum Gasteiger partial charge on any atom is -0.362 e. The molecule has 0 amide bonds. The van der Waals surface area contributed by atoms with Crippen molar-refractivity contribution in [2.45, 2.75) is 69.4 Å². The van der Waals surface area contributed by atoms with Gasteiger partial charge in [0.2, 0.25) is 0 Å². The zero-order chi connectivity index (χ0) is 19.3. The van der Waals surface area contributed by atoms with Gasteiger partial charge < -0.3 is 15.5 Å². The van der Waals surface area contributed by atoms with Crippen molar-refractivity contribution in [2.75, 3.05) is 31.1 Å². The van der Waals surface area contributed by atoms with Crippen molar-refractivity contribution in [3.63, 3.8) is 0 Å². The number of para-hydroxylation sites is 1. The lowest BCUT2D eigenvalue weighted by molar-refractivity contribution is 0.108. The molecule has 158 valence electrons. The number of hydrogen-bond acceptors (Lipinski definition) is 3. The van der Waals surface area contributed by atoms with Crippen LogP contribution in [0.2, 0.25) is 0 Å². The number of rotatable bonds is 2. The molecule has 0 bridgehead atoms. The minimum absolute atomic E-state index is 0.370. The summed E-state index contributed by atoms with van der Waals surface area (Å²) in [7, 11) is 0. The molecule has 5 fully saturated rings. The van der Waals surface area contributed by atoms with Gasteiger partial charge in [-0.3, -0.25) is 0 Å². The van der Waals surface area contributed by atoms with E-state index in [0.717, 1.165) is 35.6 Å². The maximum atomic E-state index is 3.85. The average Bonchev–Trinajstić information content (AvgIpc) is 3.36. The molecular formula is C26H39N3. The Morgan fingerprint density at radius 3 is 2.38 bits per heavy atom. The van der Waals surface area contributed by atoms with Crippen LogP contribution >= 0.6 is 0 Å². The summed E-state index contributed by atoms with van der Waals surface area (Å²) in [6, 6.07) is 12.3. The van der Waals surface area contributed by atoms with E-state index >= 15 is 0 Å². The Hall–Kier alpha value is -1.06. The first kappa shape index (κ1) is 18.7. The average molecular weight is 394 g/mol. The first-order valence-corrected chi connectivity index (χ1v) is 12.6. The molecule has 2 N–H and O–H groups in total. The van der Waals surface area contributed by atoms with Crippen LogP contribution in [-0.2, 0) is 0 Å². The fourth-order valence-corrected chi connectivity index (χ4v) is 8.58. The van der Waals surface area contributed by atoms with Crippen molar-refractivity contribution >= 4 is 5.69 Å². The fraction of sp³-hybridized carbons (Fsp3) is 0.769. The summed E-state index contributed by atoms with van der Waals surface area (Å²) in [4.78, 5) is 3.03. The van der Waals surface area contributed by atoms with Crippen molar-refractivity contribution in [3.8, 4) is 0 Å². The summed E-state index contributed by atoms with van der Waals surface area (Å²) in [5.41, 5.74) is 1.88. The van der Waals surface area contributed by atoms with Crippen molar-refractivity contribution in [2.24, 2.45) is 29.6 Å². The quantitative estimate of drug-likeness (QED) is 0.778. The molecule has 6 unspecified atom stereocenters. The molecule has 3 heteroatoms. The van der Waals surface area contributed by atoms with E-state index in [-0.39, 0.29) is 0 Å². The molecule has 0 radical (unpaired) electrons. The smallest absolute Gasteiger partial charge is 0.0473 e. The van der Waals surface area contributed by atoms with Gasteiger partial charge in [0.05, 0.1) is 0 Å². The Labute approximate surface area is 177 Å². The van der Waals surface area contributed by atoms with Gasteiger partial charge in [0.1, 0.15) is 0 Å². The van der Waals surface area contributed by atoms with Crippen molar-refractivity contribution in [1.29, 1.82) is 0 Å². The van der Waals surface area contributed by atoms with E-state index in [1.807, 2.05) is 0 Å². The SMILES string of the molecule is c1ccc(N2C(C3CCC4CCCCC4C3)C3CNCC3C23CCNCC3)cc1. The highest BCUT2D eigenvalue weighted by Crippen LogP contribution is 2.56. The highest BCUT2D eigenvalue weighted by molar-refractivity contribution is 5.54. The minimum atomic E-state index is 0.370. The molecule has 29 heavy (non-hydrogen) atoms. The van der Waals surface area contributed by atoms with Gasteiger partial charge in [0.25, 0.3) is 0 Å². The van der Waals surface area contributed by atoms with Crippen LogP contribution in [0.4, 0.5) is 5.69 Å². The van der Waals surface area contributed by atoms with Gasteiger partial charge in [-0.1, -0.05) is 43.9 Å². The Kier molecular flexibility index (Phi) is 4.88. The van der Waals surface area contributed by atoms with Gasteiger partial charge >= 0.3 is 0 Å². The van der Waals surface area contributed by atoms with Crippen molar-refractivity contribution in [1.82, 2.24) is 10.6 Å². The lowest BCUT2D eigenvalue weighted by Gasteiger charge is -2.51. The Morgan fingerprint density at radius 2 is 1.55 bits per heavy atom. The number of piperidine rings is 1. The molecule has 1 spiro atoms. The van der Waals surface area contributed by atoms with Gasteiger partial charge in [-0.05, 0) is 81.0 Å². The number of nitrogens with zero attached hydrogens (tertiary/aromatic N) is 1. The fourth-order valence-electron chi connectivity index (χ4n) is 8.58. The summed E-state index contributed by atoms with van der Waals surface area (Å²) in [6.45, 7) is 4.87. The highest BCUT2D eigenvalue weighted by Gasteiger charge is 2.61. The summed E-state index contributed by atoms with van der Waals surface area (Å²) >= 11 is 0. The van der Waals surface area contributed by atoms with Gasteiger partial charge in [0, 0.05) is 36.3 Å². The number of benzene rings is 1. The first-order valence-electron chi connectivity index (χ1n) is 12.6. The third-order valence-electron chi connectivity index (χ3n) is 9.73. The van der Waals surface area contributed by atoms with E-state index in [2.05, 4.69) is 45.9 Å². The van der Waals surface area contributed by atoms with E-state index in [1.54, 1.807) is 0 Å². The van der Waals surface area contributed by atoms with Crippen LogP contribution in [0.15, 0.2) is 30.3 Å². The summed E-state index contributed by atoms with van der Waals surface area (Å²) in [5, 5.41) is 7.52. The molecular weight excluding hydrogens is 354 g/mol. The zero-order valence-electron chi connectivity index (χ0n) is 18.0. The number of hydrogen-bond donors (Lipinski definition) is 2. The summed E-state index contributed by atoms with van der Waals surface area (Å²) < 4.78 is 0. The molecule has 6 atom stereocenters. The van der Waals surface area contributed by atoms with Gasteiger partial charge in [-0.25, -0.2) is 0 Å². The van der Waals surface area contributed by atoms with E-state index in [4.69, 9.17) is 0 Å². The number of nitrogens with one attached hydrogen (secondary N) is 2. The second kappa shape index (κ2) is 7.57. The molecule has 3 heterocycles. The van der Waals surface area contributed by atoms with Crippen LogP contribution in [0.3, 0.4) is 0 Å². The Morgan fingerprint density at radius 1 is 0.793 bits per heavy atom. The molecule has 1 aromatic carbocycles. The second-order valence-corrected chi connectivity index (χ2v) is 10.9. The van der Waals surface area contributed by atoms with Crippen LogP contribution in [0.25, 0.3) is 0 Å². The van der Waals surface area contributed by atoms with Crippen LogP contribution in [0.1, 0.15) is 57.8 Å². The molecule has 3 nitrogen and oxygen atoms in total. The van der Waals surface area contributed by atoms with E-state index in [9.17, 15) is 0 Å². The predicted molar refractivity (Wildman–Crippen MR) is 120 cm³/mol. The standard InChI is InChI=1S/C26H39N3/c1-2-8-22(9-3-1)29-25(21-11-10-19-6-4-5-7-20(19)16-21)23-17-28-18-24(23)26(29)12-14-27-15-13-26/h1-3,8-9,19-21,23-25,27-28H,4-7,10-18H2. The van der Waals surface area contributed by atoms with E-state index in [1.165, 1.54) is 89.7 Å². The van der Waals surface area contributed by atoms with E-state index < -0.39 is 0 Å². The normalized spacial score (nSPS) is 41.3. The maximum Gasteiger partial charge on any atom is 0.0473 e. The monoisotopic (exact) mass is 393 g/mol. The second-order valence-electron chi connectivity index (χ2n) is 10.9. The molecule has 5 aliphatic rings. The van der Waals surface area contributed by atoms with Gasteiger partial charge in [0.15, 0.2) is 0 Å². The van der Waals surface area contributed by atoms with Crippen LogP contribution in [-0.4, -0.2) is 37.8 Å². The predicted octanol–water partition coefficient (Wildman–Crippen LogP) is 4.44. The lowest BCUT2D eigenvalue weighted by Crippen LogP contribution is -2.58. The molecule has 3 aliphatic heterocycles. The molecule has 2 saturated carbocycles. The summed E-state index contributed by atoms with van der Waals surface area (Å²) in [5.74, 6) is 4.66. The number of anilines is 1. The molecule has 1 aromatic rings. The third-order valence-corrected chi connectivity index (χ3v) is 9.73. The Balaban J connectivity index is 1.38. The van der Waals surface area contributed by atoms with Crippen LogP contribution < -0.4 is 15.5 Å². The summed E-state index contributed by atoms with van der Waals surface area (Å²) in [6.07, 6.45) is 13.2. The van der Waals surface area contributed by atoms with Crippen LogP contribution in [0.5, 0.6) is 0 Å². The Bertz CT molecular complexity index is 697. The van der Waals surface area contributed by atoms with Crippen molar-refractivity contribution in [3.05, 3.63) is 30.3 Å². The maximum absolute atomic E-state index is 3.85. The molecule has 2 aliphatic carbocycles. The van der Waals surface area contributed by atoms with Gasteiger partial charge in [-0.2, -0.15) is 0 Å². The zero-order valence-corrected chi connectivity index (χ0v) is 18.0. The van der Waals surface area contributed by atoms with Gasteiger partial charge in [-0.15, -0.1) is 0 Å². The molecule has 3 saturated heterocycles. The molecule has 0 aromatic heterocycles.